The lowest BCUT2D eigenvalue weighted by molar-refractivity contribution is 0.0472. The zero-order valence-corrected chi connectivity index (χ0v) is 14.9. The van der Waals surface area contributed by atoms with Crippen LogP contribution in [0.2, 0.25) is 0 Å². The average Bonchev–Trinajstić information content (AvgIpc) is 2.59. The first-order valence-electron chi connectivity index (χ1n) is 7.11. The maximum atomic E-state index is 12.2. The average molecular weight is 436 g/mol. The molecular formula is C18H13IO5. The summed E-state index contributed by atoms with van der Waals surface area (Å²) in [4.78, 5) is 23.9. The van der Waals surface area contributed by atoms with Crippen molar-refractivity contribution in [3.63, 3.8) is 0 Å². The molecule has 0 spiro atoms. The van der Waals surface area contributed by atoms with Crippen LogP contribution < -0.4 is 10.4 Å². The Kier molecular flexibility index (Phi) is 4.84. The number of hydrogen-bond acceptors (Lipinski definition) is 5. The Balaban J connectivity index is 1.89. The Morgan fingerprint density at radius 3 is 2.71 bits per heavy atom. The Labute approximate surface area is 151 Å². The number of carbonyl (C=O) groups is 1. The fourth-order valence-corrected chi connectivity index (χ4v) is 2.91. The molecule has 0 unspecified atom stereocenters. The minimum absolute atomic E-state index is 0.0156. The van der Waals surface area contributed by atoms with Crippen LogP contribution in [0.1, 0.15) is 15.9 Å². The van der Waals surface area contributed by atoms with Gasteiger partial charge < -0.3 is 13.9 Å². The standard InChI is InChI=1S/C18H13IO5/c1-22-12-6-7-13-11(8-17(20)24-16(13)9-12)10-23-18(21)14-4-2-3-5-15(14)19/h2-9H,10H2,1H3. The molecule has 0 bridgehead atoms. The van der Waals surface area contributed by atoms with E-state index in [-0.39, 0.29) is 6.61 Å². The molecule has 5 nitrogen and oxygen atoms in total. The van der Waals surface area contributed by atoms with E-state index in [1.54, 1.807) is 30.3 Å². The SMILES string of the molecule is COc1ccc2c(COC(=O)c3ccccc3I)cc(=O)oc2c1. The zero-order chi connectivity index (χ0) is 17.1. The first kappa shape index (κ1) is 16.5. The summed E-state index contributed by atoms with van der Waals surface area (Å²) in [6.45, 7) is -0.0156. The van der Waals surface area contributed by atoms with Gasteiger partial charge in [0.25, 0.3) is 0 Å². The number of carbonyl (C=O) groups excluding carboxylic acids is 1. The van der Waals surface area contributed by atoms with E-state index in [9.17, 15) is 9.59 Å². The number of benzene rings is 2. The van der Waals surface area contributed by atoms with Crippen molar-refractivity contribution in [2.24, 2.45) is 0 Å². The van der Waals surface area contributed by atoms with Gasteiger partial charge in [-0.15, -0.1) is 0 Å². The lowest BCUT2D eigenvalue weighted by atomic mass is 10.1. The maximum Gasteiger partial charge on any atom is 0.339 e. The van der Waals surface area contributed by atoms with Crippen LogP contribution in [0.4, 0.5) is 0 Å². The number of methoxy groups -OCH3 is 1. The van der Waals surface area contributed by atoms with Gasteiger partial charge in [0, 0.05) is 26.7 Å². The molecule has 1 aromatic heterocycles. The second kappa shape index (κ2) is 7.04. The number of rotatable bonds is 4. The van der Waals surface area contributed by atoms with E-state index in [1.807, 2.05) is 12.1 Å². The Hall–Kier alpha value is -2.35. The van der Waals surface area contributed by atoms with Crippen molar-refractivity contribution in [1.29, 1.82) is 0 Å². The van der Waals surface area contributed by atoms with E-state index in [1.165, 1.54) is 13.2 Å². The Morgan fingerprint density at radius 2 is 1.96 bits per heavy atom. The molecule has 3 aromatic rings. The number of hydrogen-bond donors (Lipinski definition) is 0. The first-order chi connectivity index (χ1) is 11.6. The van der Waals surface area contributed by atoms with Gasteiger partial charge in [0.1, 0.15) is 17.9 Å². The second-order valence-electron chi connectivity index (χ2n) is 5.01. The van der Waals surface area contributed by atoms with Crippen LogP contribution in [0.3, 0.4) is 0 Å². The summed E-state index contributed by atoms with van der Waals surface area (Å²) < 4.78 is 16.5. The molecule has 0 N–H and O–H groups in total. The van der Waals surface area contributed by atoms with E-state index in [0.29, 0.717) is 27.8 Å². The van der Waals surface area contributed by atoms with Crippen molar-refractivity contribution in [2.75, 3.05) is 7.11 Å². The van der Waals surface area contributed by atoms with Crippen molar-refractivity contribution in [3.8, 4) is 5.75 Å². The highest BCUT2D eigenvalue weighted by molar-refractivity contribution is 14.1. The third-order valence-corrected chi connectivity index (χ3v) is 4.43. The molecule has 6 heteroatoms. The highest BCUT2D eigenvalue weighted by Gasteiger charge is 2.13. The normalized spacial score (nSPS) is 10.6. The van der Waals surface area contributed by atoms with Crippen molar-refractivity contribution in [1.82, 2.24) is 0 Å². The first-order valence-corrected chi connectivity index (χ1v) is 8.19. The smallest absolute Gasteiger partial charge is 0.339 e. The maximum absolute atomic E-state index is 12.2. The fraction of sp³-hybridized carbons (Fsp3) is 0.111. The quantitative estimate of drug-likeness (QED) is 0.354. The van der Waals surface area contributed by atoms with Crippen LogP contribution in [0.25, 0.3) is 11.0 Å². The van der Waals surface area contributed by atoms with Crippen LogP contribution in [-0.2, 0) is 11.3 Å². The summed E-state index contributed by atoms with van der Waals surface area (Å²) >= 11 is 2.08. The molecule has 0 saturated heterocycles. The monoisotopic (exact) mass is 436 g/mol. The molecule has 0 saturated carbocycles. The van der Waals surface area contributed by atoms with Crippen molar-refractivity contribution >= 4 is 39.5 Å². The van der Waals surface area contributed by atoms with Gasteiger partial charge >= 0.3 is 11.6 Å². The van der Waals surface area contributed by atoms with E-state index in [0.717, 1.165) is 3.57 Å². The van der Waals surface area contributed by atoms with Crippen molar-refractivity contribution in [3.05, 3.63) is 73.6 Å². The van der Waals surface area contributed by atoms with Gasteiger partial charge in [-0.05, 0) is 46.9 Å². The number of halogens is 1. The van der Waals surface area contributed by atoms with Gasteiger partial charge in [0.05, 0.1) is 12.7 Å². The third kappa shape index (κ3) is 3.43. The van der Waals surface area contributed by atoms with Gasteiger partial charge in [-0.1, -0.05) is 12.1 Å². The molecule has 0 amide bonds. The summed E-state index contributed by atoms with van der Waals surface area (Å²) in [6, 6.07) is 13.6. The molecule has 0 aliphatic rings. The van der Waals surface area contributed by atoms with Crippen molar-refractivity contribution < 1.29 is 18.7 Å². The third-order valence-electron chi connectivity index (χ3n) is 3.49. The van der Waals surface area contributed by atoms with Crippen LogP contribution >= 0.6 is 22.6 Å². The summed E-state index contributed by atoms with van der Waals surface area (Å²) in [7, 11) is 1.53. The summed E-state index contributed by atoms with van der Waals surface area (Å²) in [5.74, 6) is 0.147. The van der Waals surface area contributed by atoms with Gasteiger partial charge in [-0.25, -0.2) is 9.59 Å². The minimum atomic E-state index is -0.504. The zero-order valence-electron chi connectivity index (χ0n) is 12.7. The molecule has 122 valence electrons. The van der Waals surface area contributed by atoms with Crippen LogP contribution in [-0.4, -0.2) is 13.1 Å². The number of esters is 1. The fourth-order valence-electron chi connectivity index (χ4n) is 2.30. The number of fused-ring (bicyclic) bond motifs is 1. The Bertz CT molecular complexity index is 961. The molecule has 0 fully saturated rings. The molecule has 1 heterocycles. The highest BCUT2D eigenvalue weighted by Crippen LogP contribution is 2.23. The lowest BCUT2D eigenvalue weighted by Gasteiger charge is -2.09. The van der Waals surface area contributed by atoms with Crippen molar-refractivity contribution in [2.45, 2.75) is 6.61 Å². The summed E-state index contributed by atoms with van der Waals surface area (Å²) in [5, 5.41) is 0.700. The van der Waals surface area contributed by atoms with Gasteiger partial charge in [0.2, 0.25) is 0 Å². The lowest BCUT2D eigenvalue weighted by Crippen LogP contribution is -2.09. The largest absolute Gasteiger partial charge is 0.497 e. The minimum Gasteiger partial charge on any atom is -0.497 e. The van der Waals surface area contributed by atoms with Gasteiger partial charge in [-0.2, -0.15) is 0 Å². The van der Waals surface area contributed by atoms with E-state index < -0.39 is 11.6 Å². The number of ether oxygens (including phenoxy) is 2. The highest BCUT2D eigenvalue weighted by atomic mass is 127. The van der Waals surface area contributed by atoms with E-state index in [4.69, 9.17) is 13.9 Å². The Morgan fingerprint density at radius 1 is 1.17 bits per heavy atom. The van der Waals surface area contributed by atoms with E-state index >= 15 is 0 Å². The van der Waals surface area contributed by atoms with Gasteiger partial charge in [-0.3, -0.25) is 0 Å². The molecular weight excluding hydrogens is 423 g/mol. The van der Waals surface area contributed by atoms with Crippen LogP contribution in [0, 0.1) is 3.57 Å². The topological polar surface area (TPSA) is 65.7 Å². The molecule has 0 aliphatic heterocycles. The molecule has 0 aliphatic carbocycles. The molecule has 3 rings (SSSR count). The predicted octanol–water partition coefficient (Wildman–Crippen LogP) is 3.76. The predicted molar refractivity (Wildman–Crippen MR) is 97.3 cm³/mol. The molecule has 24 heavy (non-hydrogen) atoms. The van der Waals surface area contributed by atoms with Crippen LogP contribution in [0.15, 0.2) is 57.7 Å². The van der Waals surface area contributed by atoms with Crippen LogP contribution in [0.5, 0.6) is 5.75 Å². The van der Waals surface area contributed by atoms with Gasteiger partial charge in [0.15, 0.2) is 0 Å². The summed E-state index contributed by atoms with van der Waals surface area (Å²) in [6.07, 6.45) is 0. The second-order valence-corrected chi connectivity index (χ2v) is 6.17. The molecule has 0 atom stereocenters. The van der Waals surface area contributed by atoms with E-state index in [2.05, 4.69) is 22.6 Å². The molecule has 0 radical (unpaired) electrons. The molecule has 2 aromatic carbocycles. The summed E-state index contributed by atoms with van der Waals surface area (Å²) in [5.41, 5.74) is 0.966.